The highest BCUT2D eigenvalue weighted by Gasteiger charge is 2.43. The lowest BCUT2D eigenvalue weighted by atomic mass is 9.85. The Morgan fingerprint density at radius 2 is 1.94 bits per heavy atom. The maximum Gasteiger partial charge on any atom is 0.254 e. The van der Waals surface area contributed by atoms with Crippen molar-refractivity contribution in [2.45, 2.75) is 44.2 Å². The Morgan fingerprint density at radius 3 is 2.77 bits per heavy atom. The molecule has 0 unspecified atom stereocenters. The summed E-state index contributed by atoms with van der Waals surface area (Å²) in [5.41, 5.74) is 2.98. The average Bonchev–Trinajstić information content (AvgIpc) is 3.46. The highest BCUT2D eigenvalue weighted by molar-refractivity contribution is 5.95. The fraction of sp³-hybridized carbons (Fsp3) is 0.500. The van der Waals surface area contributed by atoms with Crippen LogP contribution in [0.4, 0.5) is 0 Å². The van der Waals surface area contributed by atoms with Crippen molar-refractivity contribution in [3.05, 3.63) is 59.9 Å². The molecule has 1 N–H and O–H groups in total. The summed E-state index contributed by atoms with van der Waals surface area (Å²) >= 11 is 0. The molecule has 7 heteroatoms. The number of H-pyrrole nitrogens is 1. The van der Waals surface area contributed by atoms with E-state index in [4.69, 9.17) is 9.47 Å². The van der Waals surface area contributed by atoms with E-state index < -0.39 is 0 Å². The smallest absolute Gasteiger partial charge is 0.254 e. The van der Waals surface area contributed by atoms with Gasteiger partial charge in [-0.05, 0) is 73.9 Å². The fourth-order valence-corrected chi connectivity index (χ4v) is 6.20. The molecular formula is C28H34N4O3. The summed E-state index contributed by atoms with van der Waals surface area (Å²) in [6, 6.07) is 12.7. The fourth-order valence-electron chi connectivity index (χ4n) is 6.20. The molecule has 35 heavy (non-hydrogen) atoms. The second-order valence-electron chi connectivity index (χ2n) is 10.2. The van der Waals surface area contributed by atoms with Crippen LogP contribution in [-0.2, 0) is 11.2 Å². The number of nitrogens with zero attached hydrogens (tertiary/aromatic N) is 3. The molecule has 0 spiro atoms. The molecule has 3 aliphatic rings. The number of morpholine rings is 1. The number of carbonyl (C=O) groups is 1. The van der Waals surface area contributed by atoms with Crippen LogP contribution in [-0.4, -0.2) is 77.2 Å². The van der Waals surface area contributed by atoms with Crippen LogP contribution >= 0.6 is 0 Å². The van der Waals surface area contributed by atoms with E-state index in [1.165, 1.54) is 10.9 Å². The van der Waals surface area contributed by atoms with E-state index in [1.54, 1.807) is 0 Å². The number of aromatic nitrogens is 2. The van der Waals surface area contributed by atoms with E-state index in [0.717, 1.165) is 81.9 Å². The van der Waals surface area contributed by atoms with Crippen LogP contribution in [0.15, 0.2) is 48.8 Å². The summed E-state index contributed by atoms with van der Waals surface area (Å²) < 4.78 is 11.4. The van der Waals surface area contributed by atoms with Crippen LogP contribution in [0.1, 0.15) is 41.6 Å². The van der Waals surface area contributed by atoms with E-state index in [2.05, 4.69) is 31.9 Å². The SMILES string of the molecule is O=C(c1cccc(OCCN2CCOCC2)c1)N1[C@H]2CC[C@H]1CC(Cc1cnc3[nH]ccc3c1)C2. The largest absolute Gasteiger partial charge is 0.492 e. The molecule has 5 heterocycles. The number of nitrogens with one attached hydrogen (secondary N) is 1. The monoisotopic (exact) mass is 474 g/mol. The summed E-state index contributed by atoms with van der Waals surface area (Å²) in [4.78, 5) is 25.8. The van der Waals surface area contributed by atoms with Gasteiger partial charge in [-0.3, -0.25) is 9.69 Å². The molecule has 2 aromatic heterocycles. The molecule has 3 aromatic rings. The minimum absolute atomic E-state index is 0.157. The predicted molar refractivity (Wildman–Crippen MR) is 135 cm³/mol. The Kier molecular flexibility index (Phi) is 6.44. The molecule has 7 nitrogen and oxygen atoms in total. The van der Waals surface area contributed by atoms with E-state index in [1.807, 2.05) is 36.7 Å². The molecule has 0 radical (unpaired) electrons. The zero-order valence-corrected chi connectivity index (χ0v) is 20.2. The first-order valence-electron chi connectivity index (χ1n) is 13.0. The van der Waals surface area contributed by atoms with Crippen molar-refractivity contribution < 1.29 is 14.3 Å². The maximum atomic E-state index is 13.6. The van der Waals surface area contributed by atoms with E-state index in [-0.39, 0.29) is 5.91 Å². The first kappa shape index (κ1) is 22.6. The lowest BCUT2D eigenvalue weighted by Crippen LogP contribution is -2.46. The number of benzene rings is 1. The lowest BCUT2D eigenvalue weighted by molar-refractivity contribution is 0.0322. The van der Waals surface area contributed by atoms with Crippen molar-refractivity contribution in [2.75, 3.05) is 39.5 Å². The molecule has 6 rings (SSSR count). The normalized spacial score (nSPS) is 24.7. The number of fused-ring (bicyclic) bond motifs is 3. The zero-order chi connectivity index (χ0) is 23.6. The molecule has 184 valence electrons. The van der Waals surface area contributed by atoms with Crippen molar-refractivity contribution in [1.82, 2.24) is 19.8 Å². The minimum Gasteiger partial charge on any atom is -0.492 e. The predicted octanol–water partition coefficient (Wildman–Crippen LogP) is 3.90. The highest BCUT2D eigenvalue weighted by Crippen LogP contribution is 2.41. The summed E-state index contributed by atoms with van der Waals surface area (Å²) in [6.45, 7) is 5.00. The van der Waals surface area contributed by atoms with Gasteiger partial charge in [-0.15, -0.1) is 0 Å². The topological polar surface area (TPSA) is 70.7 Å². The number of carbonyl (C=O) groups excluding carboxylic acids is 1. The molecule has 2 bridgehead atoms. The summed E-state index contributed by atoms with van der Waals surface area (Å²) in [5.74, 6) is 1.54. The van der Waals surface area contributed by atoms with Crippen LogP contribution < -0.4 is 4.74 Å². The molecule has 3 saturated heterocycles. The molecule has 1 amide bonds. The van der Waals surface area contributed by atoms with Crippen LogP contribution in [0, 0.1) is 5.92 Å². The van der Waals surface area contributed by atoms with Crippen LogP contribution in [0.2, 0.25) is 0 Å². The number of pyridine rings is 1. The Morgan fingerprint density at radius 1 is 1.11 bits per heavy atom. The van der Waals surface area contributed by atoms with Crippen molar-refractivity contribution in [3.63, 3.8) is 0 Å². The van der Waals surface area contributed by atoms with Crippen LogP contribution in [0.3, 0.4) is 0 Å². The van der Waals surface area contributed by atoms with Crippen molar-refractivity contribution in [2.24, 2.45) is 5.92 Å². The van der Waals surface area contributed by atoms with Gasteiger partial charge in [0.25, 0.3) is 5.91 Å². The third kappa shape index (κ3) is 4.93. The number of hydrogen-bond donors (Lipinski definition) is 1. The van der Waals surface area contributed by atoms with Gasteiger partial charge in [-0.25, -0.2) is 4.98 Å². The first-order valence-corrected chi connectivity index (χ1v) is 13.0. The lowest BCUT2D eigenvalue weighted by Gasteiger charge is -2.39. The Labute approximate surface area is 206 Å². The van der Waals surface area contributed by atoms with Crippen molar-refractivity contribution >= 4 is 16.9 Å². The van der Waals surface area contributed by atoms with Gasteiger partial charge >= 0.3 is 0 Å². The number of hydrogen-bond acceptors (Lipinski definition) is 5. The number of rotatable bonds is 7. The van der Waals surface area contributed by atoms with Gasteiger partial charge in [0.05, 0.1) is 13.2 Å². The molecule has 2 atom stereocenters. The molecule has 1 aromatic carbocycles. The molecule has 0 saturated carbocycles. The van der Waals surface area contributed by atoms with Gasteiger partial charge < -0.3 is 19.4 Å². The summed E-state index contributed by atoms with van der Waals surface area (Å²) in [6.07, 6.45) is 9.34. The van der Waals surface area contributed by atoms with Gasteiger partial charge in [-0.2, -0.15) is 0 Å². The van der Waals surface area contributed by atoms with Gasteiger partial charge in [0.2, 0.25) is 0 Å². The number of ether oxygens (including phenoxy) is 2. The van der Waals surface area contributed by atoms with Gasteiger partial charge in [0, 0.05) is 55.1 Å². The molecule has 3 aliphatic heterocycles. The number of aromatic amines is 1. The second-order valence-corrected chi connectivity index (χ2v) is 10.2. The Balaban J connectivity index is 1.07. The zero-order valence-electron chi connectivity index (χ0n) is 20.2. The Hall–Kier alpha value is -2.90. The molecule has 3 fully saturated rings. The van der Waals surface area contributed by atoms with Crippen LogP contribution in [0.25, 0.3) is 11.0 Å². The highest BCUT2D eigenvalue weighted by atomic mass is 16.5. The number of piperidine rings is 1. The minimum atomic E-state index is 0.157. The van der Waals surface area contributed by atoms with E-state index >= 15 is 0 Å². The van der Waals surface area contributed by atoms with Crippen LogP contribution in [0.5, 0.6) is 5.75 Å². The first-order chi connectivity index (χ1) is 17.2. The second kappa shape index (κ2) is 9.99. The molecular weight excluding hydrogens is 440 g/mol. The number of amides is 1. The van der Waals surface area contributed by atoms with Gasteiger partial charge in [0.15, 0.2) is 0 Å². The van der Waals surface area contributed by atoms with Gasteiger partial charge in [-0.1, -0.05) is 6.07 Å². The average molecular weight is 475 g/mol. The third-order valence-corrected chi connectivity index (χ3v) is 7.91. The van der Waals surface area contributed by atoms with E-state index in [9.17, 15) is 4.79 Å². The molecule has 0 aliphatic carbocycles. The summed E-state index contributed by atoms with van der Waals surface area (Å²) in [7, 11) is 0. The summed E-state index contributed by atoms with van der Waals surface area (Å²) in [5, 5.41) is 1.17. The standard InChI is InChI=1S/C28H34N4O3/c33-28(23-2-1-3-26(18-23)35-13-10-31-8-11-34-12-9-31)32-24-4-5-25(32)17-20(16-24)14-21-15-22-6-7-29-27(22)30-19-21/h1-3,6-7,15,18-20,24-25H,4-5,8-14,16-17H2,(H,29,30)/t24-,25-/m0/s1. The third-order valence-electron chi connectivity index (χ3n) is 7.91. The van der Waals surface area contributed by atoms with E-state index in [0.29, 0.717) is 24.6 Å². The van der Waals surface area contributed by atoms with Crippen molar-refractivity contribution in [3.8, 4) is 5.75 Å². The van der Waals surface area contributed by atoms with Gasteiger partial charge in [0.1, 0.15) is 18.0 Å². The van der Waals surface area contributed by atoms with Crippen molar-refractivity contribution in [1.29, 1.82) is 0 Å². The quantitative estimate of drug-likeness (QED) is 0.562. The Bertz CT molecular complexity index is 1160. The maximum absolute atomic E-state index is 13.6.